The van der Waals surface area contributed by atoms with Gasteiger partial charge in [-0.2, -0.15) is 0 Å². The van der Waals surface area contributed by atoms with Crippen LogP contribution < -0.4 is 19.1 Å². The summed E-state index contributed by atoms with van der Waals surface area (Å²) in [4.78, 5) is 33.2. The molecule has 1 aliphatic rings. The molecule has 3 aromatic carbocycles. The Morgan fingerprint density at radius 1 is 0.951 bits per heavy atom. The third-order valence-corrected chi connectivity index (χ3v) is 7.51. The molecule has 1 fully saturated rings. The van der Waals surface area contributed by atoms with Gasteiger partial charge in [-0.25, -0.2) is 4.98 Å². The van der Waals surface area contributed by atoms with E-state index in [-0.39, 0.29) is 28.0 Å². The highest BCUT2D eigenvalue weighted by Crippen LogP contribution is 2.46. The number of anilines is 1. The van der Waals surface area contributed by atoms with E-state index >= 15 is 0 Å². The van der Waals surface area contributed by atoms with E-state index < -0.39 is 17.7 Å². The Kier molecular flexibility index (Phi) is 8.11. The van der Waals surface area contributed by atoms with Gasteiger partial charge >= 0.3 is 5.91 Å². The molecule has 0 spiro atoms. The van der Waals surface area contributed by atoms with Crippen molar-refractivity contribution in [1.82, 2.24) is 4.98 Å². The van der Waals surface area contributed by atoms with E-state index in [1.165, 1.54) is 22.3 Å². The lowest BCUT2D eigenvalue weighted by atomic mass is 9.95. The van der Waals surface area contributed by atoms with Gasteiger partial charge < -0.3 is 24.4 Å². The van der Waals surface area contributed by atoms with Crippen molar-refractivity contribution in [2.45, 2.75) is 33.2 Å². The summed E-state index contributed by atoms with van der Waals surface area (Å²) >= 11 is 1.23. The number of carbonyl (C=O) groups is 2. The van der Waals surface area contributed by atoms with Gasteiger partial charge in [0, 0.05) is 5.56 Å². The number of rotatable bonds is 10. The zero-order chi connectivity index (χ0) is 29.1. The molecule has 5 rings (SSSR count). The van der Waals surface area contributed by atoms with Crippen LogP contribution in [0, 0.1) is 0 Å². The maximum absolute atomic E-state index is 13.6. The maximum Gasteiger partial charge on any atom is 0.301 e. The van der Waals surface area contributed by atoms with Crippen molar-refractivity contribution in [2.24, 2.45) is 0 Å². The van der Waals surface area contributed by atoms with E-state index in [2.05, 4.69) is 4.98 Å². The van der Waals surface area contributed by atoms with Crippen LogP contribution in [0.4, 0.5) is 5.13 Å². The Labute approximate surface area is 241 Å². The van der Waals surface area contributed by atoms with E-state index in [1.807, 2.05) is 19.9 Å². The lowest BCUT2D eigenvalue weighted by molar-refractivity contribution is -0.132. The van der Waals surface area contributed by atoms with Crippen molar-refractivity contribution in [1.29, 1.82) is 0 Å². The van der Waals surface area contributed by atoms with Gasteiger partial charge in [0.1, 0.15) is 17.3 Å². The molecular formula is C31H30N2O7S. The third kappa shape index (κ3) is 5.43. The largest absolute Gasteiger partial charge is 0.507 e. The van der Waals surface area contributed by atoms with E-state index in [1.54, 1.807) is 55.5 Å². The zero-order valence-corrected chi connectivity index (χ0v) is 23.7. The fraction of sp³-hybridized carbons (Fsp3) is 0.258. The number of aromatic hydroxyl groups is 1. The molecule has 0 bridgehead atoms. The summed E-state index contributed by atoms with van der Waals surface area (Å²) in [6.07, 6.45) is 0.804. The number of ketones is 1. The molecule has 9 nitrogen and oxygen atoms in total. The highest BCUT2D eigenvalue weighted by atomic mass is 32.1. The number of benzene rings is 3. The summed E-state index contributed by atoms with van der Waals surface area (Å²) < 4.78 is 17.7. The molecule has 2 heterocycles. The first-order valence-electron chi connectivity index (χ1n) is 13.4. The van der Waals surface area contributed by atoms with Gasteiger partial charge in [-0.05, 0) is 68.3 Å². The predicted octanol–water partition coefficient (Wildman–Crippen LogP) is 6.21. The van der Waals surface area contributed by atoms with Gasteiger partial charge in [0.05, 0.1) is 41.7 Å². The van der Waals surface area contributed by atoms with Crippen LogP contribution >= 0.6 is 11.3 Å². The van der Waals surface area contributed by atoms with Crippen molar-refractivity contribution in [3.63, 3.8) is 0 Å². The summed E-state index contributed by atoms with van der Waals surface area (Å²) in [7, 11) is 0. The van der Waals surface area contributed by atoms with Gasteiger partial charge in [-0.1, -0.05) is 36.5 Å². The number of aromatic nitrogens is 1. The molecule has 10 heteroatoms. The average molecular weight is 575 g/mol. The van der Waals surface area contributed by atoms with Crippen LogP contribution in [0.5, 0.6) is 23.0 Å². The molecule has 1 aliphatic heterocycles. The fourth-order valence-electron chi connectivity index (χ4n) is 4.68. The lowest BCUT2D eigenvalue weighted by Crippen LogP contribution is -2.29. The topological polar surface area (TPSA) is 118 Å². The second kappa shape index (κ2) is 11.9. The molecule has 212 valence electrons. The van der Waals surface area contributed by atoms with Crippen LogP contribution in [0.15, 0.2) is 66.2 Å². The highest BCUT2D eigenvalue weighted by molar-refractivity contribution is 7.22. The Bertz CT molecular complexity index is 1640. The van der Waals surface area contributed by atoms with Gasteiger partial charge in [0.25, 0.3) is 5.78 Å². The summed E-state index contributed by atoms with van der Waals surface area (Å²) in [5.41, 5.74) is 1.32. The summed E-state index contributed by atoms with van der Waals surface area (Å²) in [6.45, 7) is 6.94. The lowest BCUT2D eigenvalue weighted by Gasteiger charge is -2.23. The number of hydrogen-bond donors (Lipinski definition) is 2. The zero-order valence-electron chi connectivity index (χ0n) is 22.9. The number of amides is 1. The van der Waals surface area contributed by atoms with E-state index in [0.717, 1.165) is 11.1 Å². The van der Waals surface area contributed by atoms with Crippen LogP contribution in [0.25, 0.3) is 16.0 Å². The number of phenolic OH excluding ortho intramolecular Hbond substituents is 1. The monoisotopic (exact) mass is 574 g/mol. The number of carbonyl (C=O) groups excluding carboxylic acids is 2. The normalized spacial score (nSPS) is 16.4. The fourth-order valence-corrected chi connectivity index (χ4v) is 5.70. The Balaban J connectivity index is 1.69. The number of phenols is 1. The average Bonchev–Trinajstić information content (AvgIpc) is 3.50. The second-order valence-corrected chi connectivity index (χ2v) is 10.3. The SMILES string of the molecule is CCCOc1cccc(C(O)=C2C(=O)C(=O)N(c3nc4ccc(OCC)cc4s3)C2c2ccc(O)c(OCC)c2)c1. The molecule has 1 aromatic heterocycles. The summed E-state index contributed by atoms with van der Waals surface area (Å²) in [5.74, 6) is -0.727. The molecule has 0 radical (unpaired) electrons. The maximum atomic E-state index is 13.6. The van der Waals surface area contributed by atoms with E-state index in [4.69, 9.17) is 14.2 Å². The van der Waals surface area contributed by atoms with Crippen molar-refractivity contribution in [2.75, 3.05) is 24.7 Å². The minimum atomic E-state index is -1.04. The number of fused-ring (bicyclic) bond motifs is 1. The molecule has 1 atom stereocenters. The molecular weight excluding hydrogens is 544 g/mol. The van der Waals surface area contributed by atoms with Crippen LogP contribution in [-0.4, -0.2) is 46.7 Å². The van der Waals surface area contributed by atoms with Gasteiger partial charge in [-0.3, -0.25) is 14.5 Å². The third-order valence-electron chi connectivity index (χ3n) is 6.49. The van der Waals surface area contributed by atoms with Gasteiger partial charge in [-0.15, -0.1) is 0 Å². The number of aliphatic hydroxyl groups is 1. The van der Waals surface area contributed by atoms with Crippen molar-refractivity contribution in [3.8, 4) is 23.0 Å². The van der Waals surface area contributed by atoms with E-state index in [0.29, 0.717) is 48.0 Å². The van der Waals surface area contributed by atoms with Crippen molar-refractivity contribution < 1.29 is 34.0 Å². The van der Waals surface area contributed by atoms with Crippen LogP contribution in [0.3, 0.4) is 0 Å². The van der Waals surface area contributed by atoms with Gasteiger partial charge in [0.15, 0.2) is 16.6 Å². The Hall–Kier alpha value is -4.57. The minimum absolute atomic E-state index is 0.0863. The van der Waals surface area contributed by atoms with E-state index in [9.17, 15) is 19.8 Å². The summed E-state index contributed by atoms with van der Waals surface area (Å²) in [6, 6.07) is 15.7. The number of ether oxygens (including phenoxy) is 3. The predicted molar refractivity (Wildman–Crippen MR) is 157 cm³/mol. The smallest absolute Gasteiger partial charge is 0.301 e. The first-order chi connectivity index (χ1) is 19.9. The summed E-state index contributed by atoms with van der Waals surface area (Å²) in [5, 5.41) is 22.2. The quantitative estimate of drug-likeness (QED) is 0.130. The second-order valence-electron chi connectivity index (χ2n) is 9.26. The first-order valence-corrected chi connectivity index (χ1v) is 14.2. The van der Waals surface area contributed by atoms with Crippen LogP contribution in [-0.2, 0) is 9.59 Å². The molecule has 41 heavy (non-hydrogen) atoms. The molecule has 1 saturated heterocycles. The molecule has 0 aliphatic carbocycles. The van der Waals surface area contributed by atoms with Gasteiger partial charge in [0.2, 0.25) is 0 Å². The molecule has 1 amide bonds. The Morgan fingerprint density at radius 3 is 2.49 bits per heavy atom. The Morgan fingerprint density at radius 2 is 1.73 bits per heavy atom. The van der Waals surface area contributed by atoms with Crippen LogP contribution in [0.2, 0.25) is 0 Å². The number of aliphatic hydroxyl groups excluding tert-OH is 1. The van der Waals surface area contributed by atoms with Crippen molar-refractivity contribution in [3.05, 3.63) is 77.4 Å². The number of Topliss-reactive ketones (excluding diaryl/α,β-unsaturated/α-hetero) is 1. The number of thiazole rings is 1. The number of hydrogen-bond acceptors (Lipinski definition) is 9. The molecule has 0 saturated carbocycles. The first kappa shape index (κ1) is 28.0. The highest BCUT2D eigenvalue weighted by Gasteiger charge is 2.48. The standard InChI is InChI=1S/C31H30N2O7S/c1-4-14-40-20-9-7-8-19(15-20)28(35)26-27(18-10-13-23(34)24(16-18)39-6-3)33(30(37)29(26)36)31-32-22-12-11-21(38-5-2)17-25(22)41-31/h7-13,15-17,27,34-35H,4-6,14H2,1-3H3. The molecule has 1 unspecified atom stereocenters. The minimum Gasteiger partial charge on any atom is -0.507 e. The van der Waals surface area contributed by atoms with Crippen molar-refractivity contribution >= 4 is 44.1 Å². The van der Waals surface area contributed by atoms with Crippen LogP contribution in [0.1, 0.15) is 44.4 Å². The molecule has 2 N–H and O–H groups in total. The molecule has 4 aromatic rings. The number of nitrogens with zero attached hydrogens (tertiary/aromatic N) is 2.